The first-order valence-electron chi connectivity index (χ1n) is 7.90. The fourth-order valence-electron chi connectivity index (χ4n) is 3.85. The highest BCUT2D eigenvalue weighted by Crippen LogP contribution is 2.30. The van der Waals surface area contributed by atoms with Crippen LogP contribution < -0.4 is 5.32 Å². The summed E-state index contributed by atoms with van der Waals surface area (Å²) in [5.74, 6) is 1.01. The molecule has 20 heavy (non-hydrogen) atoms. The Kier molecular flexibility index (Phi) is 5.70. The molecule has 0 bridgehead atoms. The van der Waals surface area contributed by atoms with Gasteiger partial charge < -0.3 is 15.0 Å². The number of halogens is 1. The van der Waals surface area contributed by atoms with Crippen LogP contribution in [0.4, 0.5) is 0 Å². The van der Waals surface area contributed by atoms with E-state index in [1.54, 1.807) is 0 Å². The van der Waals surface area contributed by atoms with Gasteiger partial charge in [0.15, 0.2) is 0 Å². The van der Waals surface area contributed by atoms with Crippen LogP contribution in [0.25, 0.3) is 0 Å². The van der Waals surface area contributed by atoms with Gasteiger partial charge in [-0.3, -0.25) is 4.79 Å². The number of carbonyl (C=O) groups excluding carboxylic acids is 1. The molecule has 116 valence electrons. The van der Waals surface area contributed by atoms with E-state index in [2.05, 4.69) is 10.2 Å². The van der Waals surface area contributed by atoms with Gasteiger partial charge in [0.2, 0.25) is 5.91 Å². The number of piperidine rings is 1. The van der Waals surface area contributed by atoms with Crippen molar-refractivity contribution in [1.82, 2.24) is 10.2 Å². The van der Waals surface area contributed by atoms with E-state index in [9.17, 15) is 4.79 Å². The van der Waals surface area contributed by atoms with Crippen LogP contribution in [0, 0.1) is 5.92 Å². The third-order valence-corrected chi connectivity index (χ3v) is 4.97. The largest absolute Gasteiger partial charge is 0.370 e. The van der Waals surface area contributed by atoms with Crippen LogP contribution in [0.1, 0.15) is 44.9 Å². The van der Waals surface area contributed by atoms with Crippen molar-refractivity contribution in [3.8, 4) is 0 Å². The fraction of sp³-hybridized carbons (Fsp3) is 0.933. The first-order valence-corrected chi connectivity index (χ1v) is 7.90. The minimum atomic E-state index is -0.0954. The van der Waals surface area contributed by atoms with Crippen molar-refractivity contribution in [2.75, 3.05) is 32.8 Å². The summed E-state index contributed by atoms with van der Waals surface area (Å²) in [6, 6.07) is 0. The Balaban J connectivity index is 0.00000147. The standard InChI is InChI=1S/C15H26N2O2.ClH/c18-14(10-13-4-1-2-5-13)17-8-9-19-15(12-17)6-3-7-16-11-15;/h13,16H,1-12H2;1H. The number of ether oxygens (including phenoxy) is 1. The Morgan fingerprint density at radius 1 is 1.30 bits per heavy atom. The lowest BCUT2D eigenvalue weighted by Crippen LogP contribution is -2.60. The van der Waals surface area contributed by atoms with Gasteiger partial charge in [0.1, 0.15) is 0 Å². The molecule has 1 unspecified atom stereocenters. The number of rotatable bonds is 2. The van der Waals surface area contributed by atoms with E-state index in [1.165, 1.54) is 25.7 Å². The van der Waals surface area contributed by atoms with Gasteiger partial charge in [-0.2, -0.15) is 0 Å². The molecule has 1 atom stereocenters. The van der Waals surface area contributed by atoms with E-state index >= 15 is 0 Å². The molecule has 5 heteroatoms. The number of amides is 1. The Bertz CT molecular complexity index is 320. The van der Waals surface area contributed by atoms with Gasteiger partial charge in [0, 0.05) is 19.5 Å². The lowest BCUT2D eigenvalue weighted by atomic mass is 9.91. The van der Waals surface area contributed by atoms with Gasteiger partial charge in [-0.1, -0.05) is 12.8 Å². The molecule has 1 amide bonds. The van der Waals surface area contributed by atoms with Crippen LogP contribution in [0.15, 0.2) is 0 Å². The van der Waals surface area contributed by atoms with Gasteiger partial charge in [-0.25, -0.2) is 0 Å². The number of nitrogens with one attached hydrogen (secondary N) is 1. The van der Waals surface area contributed by atoms with E-state index in [0.717, 1.165) is 45.4 Å². The van der Waals surface area contributed by atoms with Gasteiger partial charge in [0.05, 0.1) is 18.8 Å². The Labute approximate surface area is 128 Å². The highest BCUT2D eigenvalue weighted by Gasteiger charge is 2.39. The molecule has 0 aromatic heterocycles. The minimum Gasteiger partial charge on any atom is -0.370 e. The van der Waals surface area contributed by atoms with Crippen LogP contribution in [0.5, 0.6) is 0 Å². The summed E-state index contributed by atoms with van der Waals surface area (Å²) in [6.45, 7) is 4.28. The molecule has 2 aliphatic heterocycles. The van der Waals surface area contributed by atoms with Crippen molar-refractivity contribution in [3.05, 3.63) is 0 Å². The quantitative estimate of drug-likeness (QED) is 0.848. The zero-order chi connectivity index (χ0) is 13.1. The molecular weight excluding hydrogens is 276 g/mol. The molecule has 1 spiro atoms. The van der Waals surface area contributed by atoms with E-state index in [0.29, 0.717) is 18.4 Å². The normalized spacial score (nSPS) is 31.3. The topological polar surface area (TPSA) is 41.6 Å². The van der Waals surface area contributed by atoms with E-state index < -0.39 is 0 Å². The van der Waals surface area contributed by atoms with Crippen molar-refractivity contribution in [2.24, 2.45) is 5.92 Å². The Morgan fingerprint density at radius 2 is 2.10 bits per heavy atom. The maximum Gasteiger partial charge on any atom is 0.223 e. The van der Waals surface area contributed by atoms with Gasteiger partial charge in [-0.15, -0.1) is 12.4 Å². The molecule has 3 rings (SSSR count). The van der Waals surface area contributed by atoms with Crippen molar-refractivity contribution in [2.45, 2.75) is 50.5 Å². The molecule has 1 N–H and O–H groups in total. The second-order valence-corrected chi connectivity index (χ2v) is 6.48. The first kappa shape index (κ1) is 16.1. The van der Waals surface area contributed by atoms with Gasteiger partial charge >= 0.3 is 0 Å². The maximum atomic E-state index is 12.4. The number of carbonyl (C=O) groups is 1. The maximum absolute atomic E-state index is 12.4. The third-order valence-electron chi connectivity index (χ3n) is 4.97. The summed E-state index contributed by atoms with van der Waals surface area (Å²) in [4.78, 5) is 14.5. The summed E-state index contributed by atoms with van der Waals surface area (Å²) in [5, 5.41) is 3.41. The second-order valence-electron chi connectivity index (χ2n) is 6.48. The highest BCUT2D eigenvalue weighted by molar-refractivity contribution is 5.85. The van der Waals surface area contributed by atoms with Gasteiger partial charge in [-0.05, 0) is 38.1 Å². The number of hydrogen-bond donors (Lipinski definition) is 1. The van der Waals surface area contributed by atoms with Crippen LogP contribution in [0.2, 0.25) is 0 Å². The number of hydrogen-bond acceptors (Lipinski definition) is 3. The molecule has 2 saturated heterocycles. The summed E-state index contributed by atoms with van der Waals surface area (Å²) in [7, 11) is 0. The summed E-state index contributed by atoms with van der Waals surface area (Å²) in [6.07, 6.45) is 8.15. The van der Waals surface area contributed by atoms with E-state index in [4.69, 9.17) is 4.74 Å². The summed E-state index contributed by atoms with van der Waals surface area (Å²) in [5.41, 5.74) is -0.0954. The Hall–Kier alpha value is -0.320. The molecule has 1 saturated carbocycles. The van der Waals surface area contributed by atoms with Crippen molar-refractivity contribution >= 4 is 18.3 Å². The molecule has 2 heterocycles. The van der Waals surface area contributed by atoms with E-state index in [-0.39, 0.29) is 18.0 Å². The molecule has 0 aromatic rings. The third kappa shape index (κ3) is 3.66. The van der Waals surface area contributed by atoms with Crippen LogP contribution in [-0.2, 0) is 9.53 Å². The first-order chi connectivity index (χ1) is 9.27. The molecule has 3 aliphatic rings. The van der Waals surface area contributed by atoms with Crippen molar-refractivity contribution in [3.63, 3.8) is 0 Å². The predicted molar refractivity (Wildman–Crippen MR) is 81.2 cm³/mol. The van der Waals surface area contributed by atoms with Crippen LogP contribution >= 0.6 is 12.4 Å². The zero-order valence-corrected chi connectivity index (χ0v) is 13.1. The minimum absolute atomic E-state index is 0. The van der Waals surface area contributed by atoms with Crippen LogP contribution in [-0.4, -0.2) is 49.2 Å². The van der Waals surface area contributed by atoms with Crippen molar-refractivity contribution in [1.29, 1.82) is 0 Å². The monoisotopic (exact) mass is 302 g/mol. The second kappa shape index (κ2) is 7.10. The molecule has 1 aliphatic carbocycles. The zero-order valence-electron chi connectivity index (χ0n) is 12.2. The summed E-state index contributed by atoms with van der Waals surface area (Å²) >= 11 is 0. The summed E-state index contributed by atoms with van der Waals surface area (Å²) < 4.78 is 6.00. The van der Waals surface area contributed by atoms with Crippen molar-refractivity contribution < 1.29 is 9.53 Å². The lowest BCUT2D eigenvalue weighted by molar-refractivity contribution is -0.154. The lowest BCUT2D eigenvalue weighted by Gasteiger charge is -2.45. The van der Waals surface area contributed by atoms with E-state index in [1.807, 2.05) is 0 Å². The molecule has 0 aromatic carbocycles. The molecule has 3 fully saturated rings. The fourth-order valence-corrected chi connectivity index (χ4v) is 3.85. The van der Waals surface area contributed by atoms with Crippen LogP contribution in [0.3, 0.4) is 0 Å². The molecule has 0 radical (unpaired) electrons. The average Bonchev–Trinajstić information content (AvgIpc) is 2.92. The smallest absolute Gasteiger partial charge is 0.223 e. The number of morpholine rings is 1. The molecule has 4 nitrogen and oxygen atoms in total. The molecular formula is C15H27ClN2O2. The average molecular weight is 303 g/mol. The highest BCUT2D eigenvalue weighted by atomic mass is 35.5. The predicted octanol–water partition coefficient (Wildman–Crippen LogP) is 1.97. The SMILES string of the molecule is Cl.O=C(CC1CCCC1)N1CCOC2(CCCNC2)C1. The van der Waals surface area contributed by atoms with Gasteiger partial charge in [0.25, 0.3) is 0 Å². The number of nitrogens with zero attached hydrogens (tertiary/aromatic N) is 1. The Morgan fingerprint density at radius 3 is 2.80 bits per heavy atom.